The monoisotopic (exact) mass is 426 g/mol. The van der Waals surface area contributed by atoms with E-state index in [4.69, 9.17) is 4.74 Å². The number of nitrogens with zero attached hydrogens (tertiary/aromatic N) is 3. The molecule has 3 amide bonds. The standard InChI is InChI=1S/C20H25F3N4O3/c21-20(22,23)11-14-1-3-15(4-2-14)25-7-9-26(10-8-25)19(29)27-6-5-17-16(12-27)24-18(28)13-30-17/h1-4,16-17H,5-13H2,(H,24,28)/t16-,17+/m1/s1. The minimum absolute atomic E-state index is 0.0380. The molecule has 3 saturated heterocycles. The van der Waals surface area contributed by atoms with Crippen LogP contribution in [0.4, 0.5) is 23.7 Å². The lowest BCUT2D eigenvalue weighted by Gasteiger charge is -2.44. The van der Waals surface area contributed by atoms with Gasteiger partial charge in [0.15, 0.2) is 0 Å². The second kappa shape index (κ2) is 8.33. The lowest BCUT2D eigenvalue weighted by Crippen LogP contribution is -2.63. The molecule has 3 aliphatic rings. The third-order valence-corrected chi connectivity index (χ3v) is 5.85. The van der Waals surface area contributed by atoms with Gasteiger partial charge < -0.3 is 24.8 Å². The van der Waals surface area contributed by atoms with E-state index in [1.54, 1.807) is 21.9 Å². The second-order valence-electron chi connectivity index (χ2n) is 7.97. The molecule has 3 fully saturated rings. The first-order valence-electron chi connectivity index (χ1n) is 10.1. The van der Waals surface area contributed by atoms with Crippen LogP contribution >= 0.6 is 0 Å². The van der Waals surface area contributed by atoms with Gasteiger partial charge in [-0.3, -0.25) is 4.79 Å². The number of hydrogen-bond acceptors (Lipinski definition) is 4. The minimum atomic E-state index is -4.21. The van der Waals surface area contributed by atoms with Crippen LogP contribution in [-0.2, 0) is 16.0 Å². The number of piperazine rings is 1. The normalized spacial score (nSPS) is 25.0. The van der Waals surface area contributed by atoms with Crippen LogP contribution in [0.15, 0.2) is 24.3 Å². The van der Waals surface area contributed by atoms with E-state index in [9.17, 15) is 22.8 Å². The number of morpholine rings is 1. The molecule has 0 unspecified atom stereocenters. The maximum atomic E-state index is 12.9. The predicted octanol–water partition coefficient (Wildman–Crippen LogP) is 1.62. The van der Waals surface area contributed by atoms with Crippen LogP contribution in [0.1, 0.15) is 12.0 Å². The first-order chi connectivity index (χ1) is 14.3. The van der Waals surface area contributed by atoms with Crippen LogP contribution < -0.4 is 10.2 Å². The van der Waals surface area contributed by atoms with Crippen LogP contribution in [0.2, 0.25) is 0 Å². The third-order valence-electron chi connectivity index (χ3n) is 5.85. The number of benzene rings is 1. The Morgan fingerprint density at radius 2 is 1.77 bits per heavy atom. The Hall–Kier alpha value is -2.49. The van der Waals surface area contributed by atoms with Crippen LogP contribution in [0.3, 0.4) is 0 Å². The highest BCUT2D eigenvalue weighted by Gasteiger charge is 2.38. The van der Waals surface area contributed by atoms with Gasteiger partial charge in [-0.1, -0.05) is 12.1 Å². The molecule has 164 valence electrons. The van der Waals surface area contributed by atoms with Gasteiger partial charge in [-0.15, -0.1) is 0 Å². The molecule has 7 nitrogen and oxygen atoms in total. The number of hydrogen-bond donors (Lipinski definition) is 1. The molecule has 3 aliphatic heterocycles. The van der Waals surface area contributed by atoms with Crippen LogP contribution in [0.25, 0.3) is 0 Å². The van der Waals surface area contributed by atoms with E-state index < -0.39 is 12.6 Å². The maximum absolute atomic E-state index is 12.9. The van der Waals surface area contributed by atoms with Gasteiger partial charge in [0, 0.05) is 45.0 Å². The highest BCUT2D eigenvalue weighted by Crippen LogP contribution is 2.24. The van der Waals surface area contributed by atoms with Crippen molar-refractivity contribution in [2.75, 3.05) is 50.8 Å². The number of urea groups is 1. The molecule has 0 spiro atoms. The molecule has 10 heteroatoms. The molecule has 0 saturated carbocycles. The fraction of sp³-hybridized carbons (Fsp3) is 0.600. The second-order valence-corrected chi connectivity index (χ2v) is 7.97. The Kier molecular flexibility index (Phi) is 5.77. The van der Waals surface area contributed by atoms with Crippen molar-refractivity contribution in [1.29, 1.82) is 0 Å². The number of alkyl halides is 3. The van der Waals surface area contributed by atoms with E-state index in [-0.39, 0.29) is 36.3 Å². The number of nitrogens with one attached hydrogen (secondary N) is 1. The van der Waals surface area contributed by atoms with Crippen molar-refractivity contribution in [2.45, 2.75) is 31.2 Å². The van der Waals surface area contributed by atoms with Gasteiger partial charge in [0.2, 0.25) is 5.91 Å². The molecule has 4 rings (SSSR count). The van der Waals surface area contributed by atoms with Crippen molar-refractivity contribution in [3.8, 4) is 0 Å². The number of piperidine rings is 1. The molecule has 0 bridgehead atoms. The van der Waals surface area contributed by atoms with Crippen LogP contribution in [0, 0.1) is 0 Å². The van der Waals surface area contributed by atoms with Gasteiger partial charge in [0.1, 0.15) is 6.61 Å². The molecule has 0 aliphatic carbocycles. The molecule has 3 heterocycles. The highest BCUT2D eigenvalue weighted by atomic mass is 19.4. The lowest BCUT2D eigenvalue weighted by atomic mass is 10.0. The maximum Gasteiger partial charge on any atom is 0.393 e. The first-order valence-corrected chi connectivity index (χ1v) is 10.1. The fourth-order valence-corrected chi connectivity index (χ4v) is 4.29. The van der Waals surface area contributed by atoms with Gasteiger partial charge in [0.25, 0.3) is 0 Å². The Morgan fingerprint density at radius 1 is 1.07 bits per heavy atom. The Morgan fingerprint density at radius 3 is 2.43 bits per heavy atom. The SMILES string of the molecule is O=C1CO[C@H]2CCN(C(=O)N3CCN(c4ccc(CC(F)(F)F)cc4)CC3)C[C@H]2N1. The molecule has 2 atom stereocenters. The molecule has 1 aromatic rings. The summed E-state index contributed by atoms with van der Waals surface area (Å²) in [4.78, 5) is 30.1. The van der Waals surface area contributed by atoms with Gasteiger partial charge in [0.05, 0.1) is 18.6 Å². The third kappa shape index (κ3) is 4.80. The van der Waals surface area contributed by atoms with Crippen molar-refractivity contribution in [2.24, 2.45) is 0 Å². The van der Waals surface area contributed by atoms with Crippen LogP contribution in [-0.4, -0.2) is 85.9 Å². The van der Waals surface area contributed by atoms with E-state index in [1.807, 2.05) is 0 Å². The number of fused-ring (bicyclic) bond motifs is 1. The van der Waals surface area contributed by atoms with Crippen molar-refractivity contribution in [1.82, 2.24) is 15.1 Å². The predicted molar refractivity (Wildman–Crippen MR) is 103 cm³/mol. The molecule has 30 heavy (non-hydrogen) atoms. The largest absolute Gasteiger partial charge is 0.393 e. The number of halogens is 3. The molecule has 1 aromatic carbocycles. The smallest absolute Gasteiger partial charge is 0.368 e. The van der Waals surface area contributed by atoms with Crippen LogP contribution in [0.5, 0.6) is 0 Å². The summed E-state index contributed by atoms with van der Waals surface area (Å²) < 4.78 is 43.0. The zero-order valence-electron chi connectivity index (χ0n) is 16.5. The van der Waals surface area contributed by atoms with Gasteiger partial charge >= 0.3 is 12.2 Å². The number of rotatable bonds is 2. The van der Waals surface area contributed by atoms with Crippen molar-refractivity contribution in [3.05, 3.63) is 29.8 Å². The molecular formula is C20H25F3N4O3. The quantitative estimate of drug-likeness (QED) is 0.781. The van der Waals surface area contributed by atoms with E-state index >= 15 is 0 Å². The van der Waals surface area contributed by atoms with Gasteiger partial charge in [-0.2, -0.15) is 13.2 Å². The number of carbonyl (C=O) groups excluding carboxylic acids is 2. The minimum Gasteiger partial charge on any atom is -0.368 e. The molecule has 1 N–H and O–H groups in total. The number of amides is 3. The summed E-state index contributed by atoms with van der Waals surface area (Å²) in [7, 11) is 0. The average molecular weight is 426 g/mol. The topological polar surface area (TPSA) is 65.1 Å². The summed E-state index contributed by atoms with van der Waals surface area (Å²) in [5, 5.41) is 2.90. The van der Waals surface area contributed by atoms with Gasteiger partial charge in [-0.25, -0.2) is 4.79 Å². The summed E-state index contributed by atoms with van der Waals surface area (Å²) in [5.74, 6) is -0.152. The van der Waals surface area contributed by atoms with Crippen molar-refractivity contribution in [3.63, 3.8) is 0 Å². The Labute approximate surface area is 172 Å². The summed E-state index contributed by atoms with van der Waals surface area (Å²) >= 11 is 0. The van der Waals surface area contributed by atoms with Crippen molar-refractivity contribution < 1.29 is 27.5 Å². The number of likely N-dealkylation sites (tertiary alicyclic amines) is 1. The highest BCUT2D eigenvalue weighted by molar-refractivity contribution is 5.79. The summed E-state index contributed by atoms with van der Waals surface area (Å²) in [5.41, 5.74) is 1.10. The summed E-state index contributed by atoms with van der Waals surface area (Å²) in [6.07, 6.45) is -4.49. The Bertz CT molecular complexity index is 778. The zero-order valence-corrected chi connectivity index (χ0v) is 16.5. The molecular weight excluding hydrogens is 401 g/mol. The first kappa shape index (κ1) is 20.8. The van der Waals surface area contributed by atoms with Gasteiger partial charge in [-0.05, 0) is 24.1 Å². The summed E-state index contributed by atoms with van der Waals surface area (Å²) in [6, 6.07) is 6.20. The zero-order chi connectivity index (χ0) is 21.3. The lowest BCUT2D eigenvalue weighted by molar-refractivity contribution is -0.139. The summed E-state index contributed by atoms with van der Waals surface area (Å²) in [6.45, 7) is 3.42. The van der Waals surface area contributed by atoms with Crippen molar-refractivity contribution >= 4 is 17.6 Å². The van der Waals surface area contributed by atoms with E-state index in [1.165, 1.54) is 12.1 Å². The number of ether oxygens (including phenoxy) is 1. The van der Waals surface area contributed by atoms with E-state index in [0.29, 0.717) is 45.7 Å². The molecule has 0 aromatic heterocycles. The Balaban J connectivity index is 1.29. The molecule has 0 radical (unpaired) electrons. The van der Waals surface area contributed by atoms with E-state index in [2.05, 4.69) is 10.2 Å². The average Bonchev–Trinajstić information content (AvgIpc) is 2.72. The number of carbonyl (C=O) groups is 2. The number of anilines is 1. The van der Waals surface area contributed by atoms with E-state index in [0.717, 1.165) is 5.69 Å². The fourth-order valence-electron chi connectivity index (χ4n) is 4.29.